The summed E-state index contributed by atoms with van der Waals surface area (Å²) in [6.07, 6.45) is 1.91. The first-order chi connectivity index (χ1) is 15.8. The fourth-order valence-electron chi connectivity index (χ4n) is 3.84. The lowest BCUT2D eigenvalue weighted by molar-refractivity contribution is -0.148. The van der Waals surface area contributed by atoms with Crippen molar-refractivity contribution in [2.24, 2.45) is 5.92 Å². The van der Waals surface area contributed by atoms with Gasteiger partial charge in [-0.1, -0.05) is 80.7 Å². The van der Waals surface area contributed by atoms with Crippen molar-refractivity contribution in [2.45, 2.75) is 58.3 Å². The molecule has 0 aliphatic carbocycles. The molecule has 2 aromatic carbocycles. The summed E-state index contributed by atoms with van der Waals surface area (Å²) in [5, 5.41) is 3.15. The fourth-order valence-corrected chi connectivity index (χ4v) is 4.49. The lowest BCUT2D eigenvalue weighted by Crippen LogP contribution is -2.46. The Morgan fingerprint density at radius 2 is 1.91 bits per heavy atom. The minimum absolute atomic E-state index is 0.0339. The zero-order valence-corrected chi connectivity index (χ0v) is 20.4. The molecule has 0 aromatic heterocycles. The van der Waals surface area contributed by atoms with Crippen molar-refractivity contribution in [3.8, 4) is 0 Å². The minimum Gasteiger partial charge on any atom is -0.459 e. The second-order valence-electron chi connectivity index (χ2n) is 8.51. The van der Waals surface area contributed by atoms with E-state index >= 15 is 0 Å². The highest BCUT2D eigenvalue weighted by Crippen LogP contribution is 2.26. The van der Waals surface area contributed by atoms with Gasteiger partial charge in [-0.2, -0.15) is 0 Å². The summed E-state index contributed by atoms with van der Waals surface area (Å²) < 4.78 is 33.3. The summed E-state index contributed by atoms with van der Waals surface area (Å²) in [4.78, 5) is 15.8. The van der Waals surface area contributed by atoms with Crippen LogP contribution in [0.15, 0.2) is 48.5 Å². The number of hydrogen-bond donors (Lipinski definition) is 1. The van der Waals surface area contributed by atoms with Crippen molar-refractivity contribution in [1.29, 1.82) is 0 Å². The summed E-state index contributed by atoms with van der Waals surface area (Å²) in [7, 11) is 0. The van der Waals surface area contributed by atoms with Crippen LogP contribution in [-0.2, 0) is 22.7 Å². The number of rotatable bonds is 9. The highest BCUT2D eigenvalue weighted by atomic mass is 32.1. The van der Waals surface area contributed by atoms with Crippen LogP contribution in [0.4, 0.5) is 8.78 Å². The van der Waals surface area contributed by atoms with Crippen LogP contribution < -0.4 is 5.32 Å². The maximum Gasteiger partial charge on any atom is 0.329 e. The van der Waals surface area contributed by atoms with Crippen molar-refractivity contribution in [2.75, 3.05) is 0 Å². The van der Waals surface area contributed by atoms with E-state index in [9.17, 15) is 13.6 Å². The largest absolute Gasteiger partial charge is 0.459 e. The Balaban J connectivity index is 1.60. The number of esters is 1. The number of halogens is 2. The van der Waals surface area contributed by atoms with E-state index in [1.165, 1.54) is 6.07 Å². The summed E-state index contributed by atoms with van der Waals surface area (Å²) in [6.45, 7) is 4.23. The number of nitrogens with zero attached hydrogens (tertiary/aromatic N) is 1. The van der Waals surface area contributed by atoms with E-state index in [1.54, 1.807) is 6.07 Å². The van der Waals surface area contributed by atoms with Crippen molar-refractivity contribution < 1.29 is 18.3 Å². The lowest BCUT2D eigenvalue weighted by atomic mass is 10.0. The van der Waals surface area contributed by atoms with Gasteiger partial charge in [-0.3, -0.25) is 0 Å². The van der Waals surface area contributed by atoms with Crippen molar-refractivity contribution in [3.05, 3.63) is 71.3 Å². The molecule has 0 saturated carbocycles. The van der Waals surface area contributed by atoms with E-state index < -0.39 is 17.7 Å². The van der Waals surface area contributed by atoms with Gasteiger partial charge in [0, 0.05) is 24.6 Å². The number of hydrogen-bond acceptors (Lipinski definition) is 4. The predicted molar refractivity (Wildman–Crippen MR) is 133 cm³/mol. The van der Waals surface area contributed by atoms with Gasteiger partial charge in [-0.25, -0.2) is 13.6 Å². The van der Waals surface area contributed by atoms with Gasteiger partial charge in [0.2, 0.25) is 0 Å². The molecule has 8 heteroatoms. The van der Waals surface area contributed by atoms with Crippen LogP contribution in [-0.4, -0.2) is 32.9 Å². The van der Waals surface area contributed by atoms with E-state index in [1.807, 2.05) is 49.1 Å². The Hall–Kier alpha value is -2.45. The molecule has 3 rings (SSSR count). The van der Waals surface area contributed by atoms with Gasteiger partial charge in [0.15, 0.2) is 11.6 Å². The molecular weight excluding hydrogens is 462 g/mol. The van der Waals surface area contributed by atoms with Gasteiger partial charge in [0.1, 0.15) is 12.6 Å². The number of carbonyl (C=O) groups excluding carboxylic acids is 1. The molecule has 1 heterocycles. The van der Waals surface area contributed by atoms with E-state index in [4.69, 9.17) is 29.2 Å². The second-order valence-corrected chi connectivity index (χ2v) is 9.48. The van der Waals surface area contributed by atoms with E-state index in [0.29, 0.717) is 22.8 Å². The molecule has 1 saturated heterocycles. The molecule has 1 aliphatic heterocycles. The third-order valence-corrected chi connectivity index (χ3v) is 6.43. The molecule has 0 unspecified atom stereocenters. The molecule has 4 nitrogen and oxygen atoms in total. The summed E-state index contributed by atoms with van der Waals surface area (Å²) in [5.41, 5.74) is 1.17. The van der Waals surface area contributed by atoms with Gasteiger partial charge in [-0.05, 0) is 30.4 Å². The minimum atomic E-state index is -0.875. The number of ether oxygens (including phenoxy) is 1. The Labute approximate surface area is 204 Å². The van der Waals surface area contributed by atoms with E-state index in [2.05, 4.69) is 5.32 Å². The first kappa shape index (κ1) is 25.2. The number of carbonyl (C=O) groups is 1. The molecule has 2 aromatic rings. The Kier molecular flexibility index (Phi) is 8.86. The van der Waals surface area contributed by atoms with Crippen LogP contribution in [0.2, 0.25) is 0 Å². The maximum absolute atomic E-state index is 14.2. The first-order valence-electron chi connectivity index (χ1n) is 11.0. The van der Waals surface area contributed by atoms with Crippen molar-refractivity contribution >= 4 is 40.4 Å². The Morgan fingerprint density at radius 3 is 2.61 bits per heavy atom. The number of benzene rings is 2. The van der Waals surface area contributed by atoms with Crippen molar-refractivity contribution in [3.63, 3.8) is 0 Å². The molecule has 1 N–H and O–H groups in total. The molecule has 0 bridgehead atoms. The number of likely N-dealkylation sites (tertiary alicyclic amines) is 1. The summed E-state index contributed by atoms with van der Waals surface area (Å²) in [6, 6.07) is 13.0. The van der Waals surface area contributed by atoms with Crippen molar-refractivity contribution in [1.82, 2.24) is 10.2 Å². The lowest BCUT2D eigenvalue weighted by Gasteiger charge is -2.29. The molecule has 176 valence electrons. The molecule has 1 fully saturated rings. The van der Waals surface area contributed by atoms with Gasteiger partial charge in [0.05, 0.1) is 9.98 Å². The zero-order valence-electron chi connectivity index (χ0n) is 18.7. The molecule has 0 spiro atoms. The normalized spacial score (nSPS) is 16.7. The van der Waals surface area contributed by atoms with Gasteiger partial charge in [-0.15, -0.1) is 0 Å². The highest BCUT2D eigenvalue weighted by Gasteiger charge is 2.31. The van der Waals surface area contributed by atoms with Crippen LogP contribution in [0.25, 0.3) is 0 Å². The van der Waals surface area contributed by atoms with Gasteiger partial charge < -0.3 is 15.0 Å². The Bertz CT molecular complexity index is 1000. The monoisotopic (exact) mass is 490 g/mol. The van der Waals surface area contributed by atoms with Crippen LogP contribution in [0.1, 0.15) is 44.2 Å². The summed E-state index contributed by atoms with van der Waals surface area (Å²) in [5.74, 6) is -2.13. The summed E-state index contributed by atoms with van der Waals surface area (Å²) >= 11 is 11.0. The van der Waals surface area contributed by atoms with Crippen LogP contribution in [0.5, 0.6) is 0 Å². The Morgan fingerprint density at radius 1 is 1.18 bits per heavy atom. The molecule has 33 heavy (non-hydrogen) atoms. The standard InChI is InChI=1S/C25H28F2N2O2S2/c1-16(2)24(25(30)31-15-17-7-4-3-5-8-17)28-21(32)13-19-11-12-22(33)29(19)14-18-9-6-10-20(26)23(18)27/h3-10,16,19,24H,11-15H2,1-2H3,(H,28,32)/t19-,24-/m0/s1. The highest BCUT2D eigenvalue weighted by molar-refractivity contribution is 7.80. The quantitative estimate of drug-likeness (QED) is 0.379. The van der Waals surface area contributed by atoms with Gasteiger partial charge >= 0.3 is 5.97 Å². The van der Waals surface area contributed by atoms with Gasteiger partial charge in [0.25, 0.3) is 0 Å². The zero-order chi connectivity index (χ0) is 24.0. The first-order valence-corrected chi connectivity index (χ1v) is 11.8. The smallest absolute Gasteiger partial charge is 0.329 e. The molecular formula is C25H28F2N2O2S2. The number of thiocarbonyl (C=S) groups is 2. The molecule has 2 atom stereocenters. The topological polar surface area (TPSA) is 41.6 Å². The SMILES string of the molecule is CC(C)[C@H](NC(=S)C[C@@H]1CCC(=S)N1Cc1cccc(F)c1F)C(=O)OCc1ccccc1. The van der Waals surface area contributed by atoms with E-state index in [0.717, 1.165) is 18.1 Å². The van der Waals surface area contributed by atoms with Crippen LogP contribution >= 0.6 is 24.4 Å². The third kappa shape index (κ3) is 6.77. The molecule has 0 amide bonds. The predicted octanol–water partition coefficient (Wildman–Crippen LogP) is 5.33. The third-order valence-electron chi connectivity index (χ3n) is 5.71. The average Bonchev–Trinajstić information content (AvgIpc) is 3.13. The maximum atomic E-state index is 14.2. The fraction of sp³-hybridized carbons (Fsp3) is 0.400. The molecule has 1 aliphatic rings. The second kappa shape index (κ2) is 11.6. The van der Waals surface area contributed by atoms with Crippen LogP contribution in [0, 0.1) is 17.6 Å². The average molecular weight is 491 g/mol. The van der Waals surface area contributed by atoms with Crippen LogP contribution in [0.3, 0.4) is 0 Å². The number of nitrogens with one attached hydrogen (secondary N) is 1. The van der Waals surface area contributed by atoms with E-state index in [-0.39, 0.29) is 36.6 Å². The molecule has 0 radical (unpaired) electrons.